The monoisotopic (exact) mass is 400 g/mol. The number of halogens is 3. The van der Waals surface area contributed by atoms with Crippen LogP contribution in [0.4, 0.5) is 13.2 Å². The van der Waals surface area contributed by atoms with Crippen LogP contribution in [0.1, 0.15) is 36.9 Å². The van der Waals surface area contributed by atoms with Crippen LogP contribution in [0.3, 0.4) is 0 Å². The minimum absolute atomic E-state index is 0.162. The Morgan fingerprint density at radius 1 is 1.18 bits per heavy atom. The molecule has 5 nitrogen and oxygen atoms in total. The molecule has 0 aromatic heterocycles. The predicted molar refractivity (Wildman–Crippen MR) is 98.6 cm³/mol. The Morgan fingerprint density at radius 2 is 1.82 bits per heavy atom. The SMILES string of the molecule is CC1CCC(c2ccc(CCN(C)C)cc2)N(C(=O)C(=O)OCC(F)(F)F)C1. The van der Waals surface area contributed by atoms with E-state index in [1.165, 1.54) is 4.90 Å². The molecule has 1 aliphatic rings. The molecule has 2 unspecified atom stereocenters. The molecular weight excluding hydrogens is 373 g/mol. The van der Waals surface area contributed by atoms with Gasteiger partial charge in [0, 0.05) is 13.1 Å². The molecule has 28 heavy (non-hydrogen) atoms. The summed E-state index contributed by atoms with van der Waals surface area (Å²) in [5.74, 6) is -2.31. The van der Waals surface area contributed by atoms with Gasteiger partial charge in [0.05, 0.1) is 6.04 Å². The average Bonchev–Trinajstić information content (AvgIpc) is 2.63. The lowest BCUT2D eigenvalue weighted by Gasteiger charge is -2.38. The number of rotatable bonds is 5. The molecule has 0 aliphatic carbocycles. The van der Waals surface area contributed by atoms with E-state index < -0.39 is 24.7 Å². The highest BCUT2D eigenvalue weighted by atomic mass is 19.4. The van der Waals surface area contributed by atoms with Gasteiger partial charge in [-0.1, -0.05) is 31.2 Å². The van der Waals surface area contributed by atoms with Crippen molar-refractivity contribution in [3.05, 3.63) is 35.4 Å². The molecule has 156 valence electrons. The predicted octanol–water partition coefficient (Wildman–Crippen LogP) is 3.20. The molecule has 0 bridgehead atoms. The van der Waals surface area contributed by atoms with E-state index in [1.54, 1.807) is 0 Å². The number of likely N-dealkylation sites (N-methyl/N-ethyl adjacent to an activating group) is 1. The zero-order valence-corrected chi connectivity index (χ0v) is 16.5. The lowest BCUT2D eigenvalue weighted by molar-refractivity contribution is -0.190. The number of hydrogen-bond acceptors (Lipinski definition) is 4. The van der Waals surface area contributed by atoms with E-state index in [0.29, 0.717) is 13.0 Å². The van der Waals surface area contributed by atoms with Crippen LogP contribution in [0.15, 0.2) is 24.3 Å². The summed E-state index contributed by atoms with van der Waals surface area (Å²) in [7, 11) is 4.00. The fraction of sp³-hybridized carbons (Fsp3) is 0.600. The Balaban J connectivity index is 2.10. The van der Waals surface area contributed by atoms with Gasteiger partial charge in [-0.15, -0.1) is 0 Å². The van der Waals surface area contributed by atoms with Crippen LogP contribution in [0.2, 0.25) is 0 Å². The number of likely N-dealkylation sites (tertiary alicyclic amines) is 1. The van der Waals surface area contributed by atoms with Crippen molar-refractivity contribution in [3.8, 4) is 0 Å². The fourth-order valence-electron chi connectivity index (χ4n) is 3.31. The van der Waals surface area contributed by atoms with Gasteiger partial charge in [0.25, 0.3) is 0 Å². The van der Waals surface area contributed by atoms with Crippen molar-refractivity contribution in [2.45, 2.75) is 38.4 Å². The number of benzene rings is 1. The number of ether oxygens (including phenoxy) is 1. The summed E-state index contributed by atoms with van der Waals surface area (Å²) in [5.41, 5.74) is 2.03. The molecule has 1 heterocycles. The van der Waals surface area contributed by atoms with Crippen LogP contribution in [0.5, 0.6) is 0 Å². The van der Waals surface area contributed by atoms with Gasteiger partial charge in [-0.2, -0.15) is 13.2 Å². The first-order valence-corrected chi connectivity index (χ1v) is 9.35. The van der Waals surface area contributed by atoms with Gasteiger partial charge in [0.1, 0.15) is 0 Å². The summed E-state index contributed by atoms with van der Waals surface area (Å²) in [6.45, 7) is 1.41. The first-order chi connectivity index (χ1) is 13.1. The highest BCUT2D eigenvalue weighted by Crippen LogP contribution is 2.33. The molecule has 0 spiro atoms. The molecule has 8 heteroatoms. The Morgan fingerprint density at radius 3 is 2.39 bits per heavy atom. The normalized spacial score (nSPS) is 20.3. The van der Waals surface area contributed by atoms with Crippen LogP contribution in [0.25, 0.3) is 0 Å². The number of carbonyl (C=O) groups is 2. The molecule has 2 rings (SSSR count). The molecule has 1 amide bonds. The minimum Gasteiger partial charge on any atom is -0.449 e. The van der Waals surface area contributed by atoms with E-state index in [4.69, 9.17) is 0 Å². The van der Waals surface area contributed by atoms with Crippen LogP contribution >= 0.6 is 0 Å². The molecule has 1 fully saturated rings. The average molecular weight is 400 g/mol. The molecule has 0 N–H and O–H groups in total. The second-order valence-electron chi connectivity index (χ2n) is 7.64. The highest BCUT2D eigenvalue weighted by molar-refractivity contribution is 6.32. The molecule has 1 saturated heterocycles. The van der Waals surface area contributed by atoms with Gasteiger partial charge in [-0.05, 0) is 50.4 Å². The van der Waals surface area contributed by atoms with Crippen LogP contribution < -0.4 is 0 Å². The Bertz CT molecular complexity index is 674. The third-order valence-corrected chi connectivity index (χ3v) is 4.83. The van der Waals surface area contributed by atoms with Crippen molar-refractivity contribution in [3.63, 3.8) is 0 Å². The summed E-state index contributed by atoms with van der Waals surface area (Å²) >= 11 is 0. The molecule has 2 atom stereocenters. The van der Waals surface area contributed by atoms with Crippen LogP contribution in [-0.2, 0) is 20.7 Å². The van der Waals surface area contributed by atoms with E-state index >= 15 is 0 Å². The van der Waals surface area contributed by atoms with Crippen molar-refractivity contribution in [1.29, 1.82) is 0 Å². The van der Waals surface area contributed by atoms with Crippen molar-refractivity contribution >= 4 is 11.9 Å². The maximum Gasteiger partial charge on any atom is 0.422 e. The number of carbonyl (C=O) groups excluding carboxylic acids is 2. The smallest absolute Gasteiger partial charge is 0.422 e. The van der Waals surface area contributed by atoms with Crippen LogP contribution in [-0.4, -0.2) is 61.6 Å². The molecule has 1 aliphatic heterocycles. The first-order valence-electron chi connectivity index (χ1n) is 9.35. The maximum absolute atomic E-state index is 12.5. The lowest BCUT2D eigenvalue weighted by atomic mass is 9.89. The topological polar surface area (TPSA) is 49.9 Å². The standard InChI is InChI=1S/C20H27F3N2O3/c1-14-4-9-17(16-7-5-15(6-8-16)10-11-24(2)3)25(12-14)18(26)19(27)28-13-20(21,22)23/h5-8,14,17H,4,9-13H2,1-3H3. The number of nitrogens with zero attached hydrogens (tertiary/aromatic N) is 2. The van der Waals surface area contributed by atoms with Gasteiger partial charge in [0.2, 0.25) is 0 Å². The van der Waals surface area contributed by atoms with Gasteiger partial charge in [0.15, 0.2) is 6.61 Å². The summed E-state index contributed by atoms with van der Waals surface area (Å²) in [4.78, 5) is 27.8. The Labute approximate surface area is 163 Å². The van der Waals surface area contributed by atoms with E-state index in [1.807, 2.05) is 45.3 Å². The third kappa shape index (κ3) is 6.51. The van der Waals surface area contributed by atoms with E-state index in [2.05, 4.69) is 9.64 Å². The number of piperidine rings is 1. The Hall–Kier alpha value is -2.09. The van der Waals surface area contributed by atoms with Gasteiger partial charge >= 0.3 is 18.1 Å². The number of amides is 1. The van der Waals surface area contributed by atoms with Crippen molar-refractivity contribution in [1.82, 2.24) is 9.80 Å². The summed E-state index contributed by atoms with van der Waals surface area (Å²) in [6, 6.07) is 7.48. The second kappa shape index (κ2) is 9.41. The van der Waals surface area contributed by atoms with Gasteiger partial charge in [-0.3, -0.25) is 4.79 Å². The van der Waals surface area contributed by atoms with E-state index in [0.717, 1.165) is 30.5 Å². The second-order valence-corrected chi connectivity index (χ2v) is 7.64. The maximum atomic E-state index is 12.5. The number of hydrogen-bond donors (Lipinski definition) is 0. The Kier molecular flexibility index (Phi) is 7.46. The zero-order chi connectivity index (χ0) is 20.9. The summed E-state index contributed by atoms with van der Waals surface area (Å²) in [6.07, 6.45) is -2.25. The molecule has 0 radical (unpaired) electrons. The van der Waals surface area contributed by atoms with Crippen LogP contribution in [0, 0.1) is 5.92 Å². The van der Waals surface area contributed by atoms with Crippen molar-refractivity contribution in [2.24, 2.45) is 5.92 Å². The highest BCUT2D eigenvalue weighted by Gasteiger charge is 2.37. The fourth-order valence-corrected chi connectivity index (χ4v) is 3.31. The minimum atomic E-state index is -4.66. The molecule has 1 aromatic rings. The molecule has 1 aromatic carbocycles. The van der Waals surface area contributed by atoms with Crippen molar-refractivity contribution < 1.29 is 27.5 Å². The first kappa shape index (κ1) is 22.2. The lowest BCUT2D eigenvalue weighted by Crippen LogP contribution is -2.45. The van der Waals surface area contributed by atoms with Gasteiger partial charge < -0.3 is 14.5 Å². The van der Waals surface area contributed by atoms with E-state index in [9.17, 15) is 22.8 Å². The summed E-state index contributed by atoms with van der Waals surface area (Å²) in [5, 5.41) is 0. The number of esters is 1. The quantitative estimate of drug-likeness (QED) is 0.563. The summed E-state index contributed by atoms with van der Waals surface area (Å²) < 4.78 is 41.0. The van der Waals surface area contributed by atoms with Crippen molar-refractivity contribution in [2.75, 3.05) is 33.8 Å². The third-order valence-electron chi connectivity index (χ3n) is 4.83. The van der Waals surface area contributed by atoms with E-state index in [-0.39, 0.29) is 12.0 Å². The van der Waals surface area contributed by atoms with Gasteiger partial charge in [-0.25, -0.2) is 4.79 Å². The zero-order valence-electron chi connectivity index (χ0n) is 16.5. The molecular formula is C20H27F3N2O3. The molecule has 0 saturated carbocycles. The number of alkyl halides is 3. The largest absolute Gasteiger partial charge is 0.449 e.